The Morgan fingerprint density at radius 3 is 2.27 bits per heavy atom. The number of aromatic nitrogens is 3. The molecule has 0 aliphatic rings. The molecule has 0 saturated carbocycles. The van der Waals surface area contributed by atoms with Gasteiger partial charge in [0, 0.05) is 36.6 Å². The molecule has 0 radical (unpaired) electrons. The smallest absolute Gasteiger partial charge is 0.323 e. The molecule has 4 N–H and O–H groups in total. The van der Waals surface area contributed by atoms with Gasteiger partial charge in [0.25, 0.3) is 11.5 Å². The highest BCUT2D eigenvalue weighted by Crippen LogP contribution is 2.29. The molecule has 5 rings (SSSR count). The third-order valence-corrected chi connectivity index (χ3v) is 7.17. The first kappa shape index (κ1) is 30.3. The second-order valence-electron chi connectivity index (χ2n) is 9.64. The van der Waals surface area contributed by atoms with Gasteiger partial charge in [0.1, 0.15) is 11.4 Å². The fourth-order valence-corrected chi connectivity index (χ4v) is 4.89. The summed E-state index contributed by atoms with van der Waals surface area (Å²) in [4.78, 5) is 42.5. The standard InChI is InChI=1S/C32H26Cl2N6O4/c1-2-40-31(43)28(37-32(44)38-29-25(33)17-35-18-26(29)34)15-27(39-40)22-9-4-7-20(13-22)21-8-5-10-23(14-21)30(42)36-16-19-6-3-11-24(41)12-19/h3-15,17-18,41H,2,16H2,1H3,(H,36,42)(H2,35,37,38,44). The van der Waals surface area contributed by atoms with Gasteiger partial charge in [-0.3, -0.25) is 14.6 Å². The highest BCUT2D eigenvalue weighted by molar-refractivity contribution is 6.39. The molecular formula is C32H26Cl2N6O4. The zero-order valence-corrected chi connectivity index (χ0v) is 24.9. The van der Waals surface area contributed by atoms with Gasteiger partial charge in [-0.05, 0) is 60.0 Å². The van der Waals surface area contributed by atoms with E-state index < -0.39 is 11.6 Å². The van der Waals surface area contributed by atoms with Crippen LogP contribution in [0.4, 0.5) is 16.2 Å². The lowest BCUT2D eigenvalue weighted by Gasteiger charge is -2.13. The van der Waals surface area contributed by atoms with E-state index in [1.165, 1.54) is 23.1 Å². The Labute approximate surface area is 262 Å². The summed E-state index contributed by atoms with van der Waals surface area (Å²) in [6.45, 7) is 2.30. The Balaban J connectivity index is 1.38. The lowest BCUT2D eigenvalue weighted by Crippen LogP contribution is -2.29. The minimum Gasteiger partial charge on any atom is -0.508 e. The van der Waals surface area contributed by atoms with Gasteiger partial charge in [-0.2, -0.15) is 5.10 Å². The number of aryl methyl sites for hydroxylation is 1. The number of nitrogens with zero attached hydrogens (tertiary/aromatic N) is 3. The van der Waals surface area contributed by atoms with Gasteiger partial charge in [-0.1, -0.05) is 65.7 Å². The molecule has 0 unspecified atom stereocenters. The summed E-state index contributed by atoms with van der Waals surface area (Å²) in [5, 5.41) is 22.4. The van der Waals surface area contributed by atoms with E-state index in [4.69, 9.17) is 23.2 Å². The summed E-state index contributed by atoms with van der Waals surface area (Å²) in [6, 6.07) is 22.1. The number of phenolic OH excluding ortho intramolecular Hbond substituents is 1. The fourth-order valence-electron chi connectivity index (χ4n) is 4.43. The predicted molar refractivity (Wildman–Crippen MR) is 171 cm³/mol. The number of carbonyl (C=O) groups is 2. The number of benzene rings is 3. The summed E-state index contributed by atoms with van der Waals surface area (Å²) < 4.78 is 1.25. The summed E-state index contributed by atoms with van der Waals surface area (Å²) in [6.07, 6.45) is 2.67. The van der Waals surface area contributed by atoms with E-state index in [1.807, 2.05) is 36.4 Å². The van der Waals surface area contributed by atoms with Crippen molar-refractivity contribution in [1.29, 1.82) is 0 Å². The van der Waals surface area contributed by atoms with Gasteiger partial charge in [0.2, 0.25) is 0 Å². The van der Waals surface area contributed by atoms with Gasteiger partial charge >= 0.3 is 6.03 Å². The Morgan fingerprint density at radius 1 is 0.864 bits per heavy atom. The van der Waals surface area contributed by atoms with E-state index in [9.17, 15) is 19.5 Å². The van der Waals surface area contributed by atoms with Gasteiger partial charge in [-0.15, -0.1) is 0 Å². The molecule has 222 valence electrons. The fraction of sp³-hybridized carbons (Fsp3) is 0.0938. The average molecular weight is 630 g/mol. The number of nitrogens with one attached hydrogen (secondary N) is 3. The van der Waals surface area contributed by atoms with Crippen LogP contribution in [0.2, 0.25) is 10.0 Å². The molecule has 0 bridgehead atoms. The van der Waals surface area contributed by atoms with Crippen molar-refractivity contribution in [3.63, 3.8) is 0 Å². The van der Waals surface area contributed by atoms with Crippen LogP contribution in [0.3, 0.4) is 0 Å². The first-order chi connectivity index (χ1) is 21.2. The van der Waals surface area contributed by atoms with Crippen LogP contribution >= 0.6 is 23.2 Å². The number of phenols is 1. The van der Waals surface area contributed by atoms with E-state index in [-0.39, 0.29) is 46.2 Å². The van der Waals surface area contributed by atoms with Crippen molar-refractivity contribution in [2.75, 3.05) is 10.6 Å². The van der Waals surface area contributed by atoms with Crippen molar-refractivity contribution in [3.05, 3.63) is 123 Å². The molecule has 0 saturated heterocycles. The minimum atomic E-state index is -0.718. The highest BCUT2D eigenvalue weighted by atomic mass is 35.5. The summed E-state index contributed by atoms with van der Waals surface area (Å²) in [5.74, 6) is -0.125. The maximum atomic E-state index is 13.0. The molecule has 2 aromatic heterocycles. The third-order valence-electron chi connectivity index (χ3n) is 6.59. The first-order valence-electron chi connectivity index (χ1n) is 13.5. The molecule has 5 aromatic rings. The van der Waals surface area contributed by atoms with Crippen molar-refractivity contribution in [2.24, 2.45) is 0 Å². The van der Waals surface area contributed by atoms with Gasteiger partial charge < -0.3 is 21.1 Å². The molecule has 2 heterocycles. The molecule has 0 aliphatic carbocycles. The molecule has 0 fully saturated rings. The largest absolute Gasteiger partial charge is 0.508 e. The average Bonchev–Trinajstić information content (AvgIpc) is 3.03. The number of hydrogen-bond acceptors (Lipinski definition) is 6. The lowest BCUT2D eigenvalue weighted by molar-refractivity contribution is 0.0951. The molecule has 0 aliphatic heterocycles. The maximum absolute atomic E-state index is 13.0. The first-order valence-corrected chi connectivity index (χ1v) is 14.2. The van der Waals surface area contributed by atoms with E-state index in [2.05, 4.69) is 26.0 Å². The molecule has 0 spiro atoms. The number of rotatable bonds is 8. The Morgan fingerprint density at radius 2 is 1.55 bits per heavy atom. The van der Waals surface area contributed by atoms with Crippen molar-refractivity contribution < 1.29 is 14.7 Å². The normalized spacial score (nSPS) is 10.7. The van der Waals surface area contributed by atoms with Gasteiger partial charge in [-0.25, -0.2) is 9.48 Å². The third kappa shape index (κ3) is 7.05. The molecule has 3 aromatic carbocycles. The quantitative estimate of drug-likeness (QED) is 0.153. The number of anilines is 2. The zero-order valence-electron chi connectivity index (χ0n) is 23.3. The Bertz CT molecular complexity index is 1910. The van der Waals surface area contributed by atoms with E-state index in [1.54, 1.807) is 43.3 Å². The van der Waals surface area contributed by atoms with Crippen LogP contribution in [0.25, 0.3) is 22.4 Å². The van der Waals surface area contributed by atoms with Crippen LogP contribution < -0.4 is 21.5 Å². The number of carbonyl (C=O) groups excluding carboxylic acids is 2. The Hall–Kier alpha value is -5.19. The summed E-state index contributed by atoms with van der Waals surface area (Å²) in [5.41, 5.74) is 3.67. The molecule has 44 heavy (non-hydrogen) atoms. The van der Waals surface area contributed by atoms with Crippen LogP contribution in [0.15, 0.2) is 96.1 Å². The molecule has 0 atom stereocenters. The number of hydrogen-bond donors (Lipinski definition) is 4. The van der Waals surface area contributed by atoms with Crippen molar-refractivity contribution >= 4 is 46.5 Å². The SMILES string of the molecule is CCn1nc(-c2cccc(-c3cccc(C(=O)NCc4cccc(O)c4)c3)c2)cc(NC(=O)Nc2c(Cl)cncc2Cl)c1=O. The van der Waals surface area contributed by atoms with E-state index in [0.29, 0.717) is 16.8 Å². The van der Waals surface area contributed by atoms with Crippen LogP contribution in [-0.4, -0.2) is 31.8 Å². The summed E-state index contributed by atoms with van der Waals surface area (Å²) >= 11 is 12.2. The van der Waals surface area contributed by atoms with Crippen molar-refractivity contribution in [2.45, 2.75) is 20.0 Å². The maximum Gasteiger partial charge on any atom is 0.323 e. The molecule has 12 heteroatoms. The molecular weight excluding hydrogens is 603 g/mol. The van der Waals surface area contributed by atoms with Crippen molar-refractivity contribution in [3.8, 4) is 28.1 Å². The number of pyridine rings is 1. The summed E-state index contributed by atoms with van der Waals surface area (Å²) in [7, 11) is 0. The second kappa shape index (κ2) is 13.4. The second-order valence-corrected chi connectivity index (χ2v) is 10.5. The van der Waals surface area contributed by atoms with E-state index >= 15 is 0 Å². The minimum absolute atomic E-state index is 0.00598. The van der Waals surface area contributed by atoms with E-state index in [0.717, 1.165) is 16.7 Å². The van der Waals surface area contributed by atoms with Crippen LogP contribution in [-0.2, 0) is 13.1 Å². The predicted octanol–water partition coefficient (Wildman–Crippen LogP) is 6.58. The van der Waals surface area contributed by atoms with Crippen LogP contribution in [0.1, 0.15) is 22.8 Å². The number of halogens is 2. The molecule has 10 nitrogen and oxygen atoms in total. The van der Waals surface area contributed by atoms with Crippen molar-refractivity contribution in [1.82, 2.24) is 20.1 Å². The number of aromatic hydroxyl groups is 1. The zero-order chi connectivity index (χ0) is 31.2. The monoisotopic (exact) mass is 628 g/mol. The topological polar surface area (TPSA) is 138 Å². The van der Waals surface area contributed by atoms with Gasteiger partial charge in [0.05, 0.1) is 21.4 Å². The van der Waals surface area contributed by atoms with Crippen LogP contribution in [0.5, 0.6) is 5.75 Å². The lowest BCUT2D eigenvalue weighted by atomic mass is 9.99. The van der Waals surface area contributed by atoms with Gasteiger partial charge in [0.15, 0.2) is 0 Å². The number of urea groups is 1. The number of amides is 3. The van der Waals surface area contributed by atoms with Crippen LogP contribution in [0, 0.1) is 0 Å². The Kier molecular flexibility index (Phi) is 9.23. The highest BCUT2D eigenvalue weighted by Gasteiger charge is 2.16. The molecule has 3 amide bonds.